The van der Waals surface area contributed by atoms with Gasteiger partial charge in [-0.3, -0.25) is 4.79 Å². The van der Waals surface area contributed by atoms with Crippen LogP contribution in [0, 0.1) is 0 Å². The lowest BCUT2D eigenvalue weighted by Crippen LogP contribution is -2.40. The lowest BCUT2D eigenvalue weighted by molar-refractivity contribution is -0.0116. The first kappa shape index (κ1) is 25.6. The van der Waals surface area contributed by atoms with Crippen molar-refractivity contribution in [2.75, 3.05) is 33.5 Å². The Morgan fingerprint density at radius 3 is 2.69 bits per heavy atom. The highest BCUT2D eigenvalue weighted by Gasteiger charge is 2.33. The lowest BCUT2D eigenvalue weighted by atomic mass is 9.85. The molecule has 0 unspecified atom stereocenters. The monoisotopic (exact) mass is 519 g/mol. The molecule has 10 nitrogen and oxygen atoms in total. The van der Waals surface area contributed by atoms with Gasteiger partial charge >= 0.3 is 5.95 Å². The summed E-state index contributed by atoms with van der Waals surface area (Å²) in [6.07, 6.45) is -0.355. The molecule has 1 fully saturated rings. The third kappa shape index (κ3) is 5.07. The van der Waals surface area contributed by atoms with E-state index in [0.29, 0.717) is 35.7 Å². The summed E-state index contributed by atoms with van der Waals surface area (Å²) in [6.45, 7) is -0.468. The van der Waals surface area contributed by atoms with Crippen LogP contribution in [0.15, 0.2) is 57.3 Å². The molecule has 2 atom stereocenters. The molecular weight excluding hydrogens is 494 g/mol. The summed E-state index contributed by atoms with van der Waals surface area (Å²) in [5.41, 5.74) is 0.326. The second-order valence-corrected chi connectivity index (χ2v) is 8.91. The summed E-state index contributed by atoms with van der Waals surface area (Å²) in [7, 11) is 1.87. The number of phenolic OH excluding ortho intramolecular Hbond substituents is 1. The van der Waals surface area contributed by atoms with Gasteiger partial charge in [0.2, 0.25) is 6.79 Å². The van der Waals surface area contributed by atoms with E-state index in [-0.39, 0.29) is 22.5 Å². The minimum atomic E-state index is -0.934. The summed E-state index contributed by atoms with van der Waals surface area (Å²) >= 11 is 6.32. The average molecular weight is 520 g/mol. The molecule has 5 N–H and O–H groups in total. The number of benzene rings is 2. The first-order valence-corrected chi connectivity index (χ1v) is 11.5. The van der Waals surface area contributed by atoms with Crippen LogP contribution in [0.1, 0.15) is 17.9 Å². The molecule has 11 heteroatoms. The molecule has 0 bridgehead atoms. The van der Waals surface area contributed by atoms with Crippen molar-refractivity contribution in [1.82, 2.24) is 4.90 Å². The van der Waals surface area contributed by atoms with Crippen LogP contribution in [0.5, 0.6) is 11.5 Å². The van der Waals surface area contributed by atoms with Gasteiger partial charge in [-0.1, -0.05) is 23.7 Å². The molecule has 1 saturated heterocycles. The standard InChI is InChI=1S/C25H26ClNO9/c1-27-7-6-14(18(31)10-27)22-21(34-12-35-25(33)19(32)11-28)9-17(30)23-16(29)8-20(36-24(22)23)13-4-2-3-5-15(13)26/h2-5,8-9,14,18,28,30-33H,6-7,10-12H2,1H3/b25-19-/t14-,18+/m0/s1. The number of hydrogen-bond donors (Lipinski definition) is 5. The highest BCUT2D eigenvalue weighted by Crippen LogP contribution is 2.43. The molecule has 36 heavy (non-hydrogen) atoms. The van der Waals surface area contributed by atoms with Crippen LogP contribution in [0.25, 0.3) is 22.3 Å². The maximum atomic E-state index is 13.1. The Bertz CT molecular complexity index is 1350. The van der Waals surface area contributed by atoms with Gasteiger partial charge in [-0.05, 0) is 32.1 Å². The smallest absolute Gasteiger partial charge is 0.321 e. The predicted molar refractivity (Wildman–Crippen MR) is 131 cm³/mol. The summed E-state index contributed by atoms with van der Waals surface area (Å²) in [6, 6.07) is 9.27. The summed E-state index contributed by atoms with van der Waals surface area (Å²) < 4.78 is 16.7. The van der Waals surface area contributed by atoms with Crippen LogP contribution in [-0.4, -0.2) is 70.1 Å². The van der Waals surface area contributed by atoms with Crippen LogP contribution in [0.3, 0.4) is 0 Å². The first-order chi connectivity index (χ1) is 17.2. The second kappa shape index (κ2) is 10.7. The summed E-state index contributed by atoms with van der Waals surface area (Å²) in [4.78, 5) is 15.1. The number of aromatic hydroxyl groups is 1. The zero-order valence-electron chi connectivity index (χ0n) is 19.3. The molecule has 0 saturated carbocycles. The van der Waals surface area contributed by atoms with Gasteiger partial charge in [0, 0.05) is 35.7 Å². The van der Waals surface area contributed by atoms with Crippen molar-refractivity contribution in [3.63, 3.8) is 0 Å². The number of rotatable bonds is 7. The summed E-state index contributed by atoms with van der Waals surface area (Å²) in [5, 5.41) is 49.8. The first-order valence-electron chi connectivity index (χ1n) is 11.1. The van der Waals surface area contributed by atoms with Crippen LogP contribution in [-0.2, 0) is 4.74 Å². The molecule has 0 radical (unpaired) electrons. The normalized spacial score (nSPS) is 19.2. The van der Waals surface area contributed by atoms with Crippen LogP contribution >= 0.6 is 11.6 Å². The quantitative estimate of drug-likeness (QED) is 0.232. The van der Waals surface area contributed by atoms with Gasteiger partial charge < -0.3 is 44.3 Å². The number of aliphatic hydroxyl groups excluding tert-OH is 4. The SMILES string of the molecule is CN1CC[C@H](c2c(OCO/C(O)=C(\O)CO)cc(O)c3c(=O)cc(-c4ccccc4Cl)oc23)[C@H](O)C1. The third-order valence-electron chi connectivity index (χ3n) is 6.08. The molecular formula is C25H26ClNO9. The van der Waals surface area contributed by atoms with E-state index in [0.717, 1.165) is 0 Å². The lowest BCUT2D eigenvalue weighted by Gasteiger charge is -2.34. The second-order valence-electron chi connectivity index (χ2n) is 8.51. The van der Waals surface area contributed by atoms with Gasteiger partial charge in [-0.2, -0.15) is 0 Å². The fourth-order valence-electron chi connectivity index (χ4n) is 4.30. The molecule has 0 amide bonds. The Hall–Kier alpha value is -3.44. The van der Waals surface area contributed by atoms with E-state index in [9.17, 15) is 25.2 Å². The fraction of sp³-hybridized carbons (Fsp3) is 0.320. The van der Waals surface area contributed by atoms with Crippen LogP contribution in [0.4, 0.5) is 0 Å². The molecule has 4 rings (SSSR count). The highest BCUT2D eigenvalue weighted by molar-refractivity contribution is 6.33. The van der Waals surface area contributed by atoms with Gasteiger partial charge in [-0.15, -0.1) is 0 Å². The Balaban J connectivity index is 1.89. The van der Waals surface area contributed by atoms with E-state index in [4.69, 9.17) is 30.6 Å². The number of β-amino-alcohol motifs (C(OH)–C–C–N with tert-alkyl or cyclic N) is 1. The van der Waals surface area contributed by atoms with E-state index in [1.165, 1.54) is 12.1 Å². The van der Waals surface area contributed by atoms with Gasteiger partial charge in [0.15, 0.2) is 11.2 Å². The van der Waals surface area contributed by atoms with Crippen LogP contribution in [0.2, 0.25) is 5.02 Å². The van der Waals surface area contributed by atoms with Crippen LogP contribution < -0.4 is 10.2 Å². The number of likely N-dealkylation sites (tertiary alicyclic amines) is 1. The van der Waals surface area contributed by atoms with Crippen molar-refractivity contribution in [3.8, 4) is 22.8 Å². The fourth-order valence-corrected chi connectivity index (χ4v) is 4.53. The molecule has 0 aliphatic carbocycles. The van der Waals surface area contributed by atoms with Gasteiger partial charge in [0.05, 0.1) is 11.1 Å². The average Bonchev–Trinajstić information content (AvgIpc) is 2.84. The number of aliphatic hydroxyl groups is 4. The van der Waals surface area contributed by atoms with Gasteiger partial charge in [0.25, 0.3) is 0 Å². The van der Waals surface area contributed by atoms with E-state index < -0.39 is 48.3 Å². The van der Waals surface area contributed by atoms with Gasteiger partial charge in [0.1, 0.15) is 34.8 Å². The number of nitrogens with zero attached hydrogens (tertiary/aromatic N) is 1. The van der Waals surface area contributed by atoms with Crippen molar-refractivity contribution >= 4 is 22.6 Å². The number of fused-ring (bicyclic) bond motifs is 1. The number of ether oxygens (including phenoxy) is 2. The largest absolute Gasteiger partial charge is 0.507 e. The summed E-state index contributed by atoms with van der Waals surface area (Å²) in [5.74, 6) is -2.45. The Kier molecular flexibility index (Phi) is 7.60. The highest BCUT2D eigenvalue weighted by atomic mass is 35.5. The zero-order chi connectivity index (χ0) is 26.0. The number of piperidine rings is 1. The molecule has 1 aliphatic heterocycles. The van der Waals surface area contributed by atoms with Gasteiger partial charge in [-0.25, -0.2) is 0 Å². The Morgan fingerprint density at radius 1 is 1.25 bits per heavy atom. The molecule has 1 aliphatic rings. The number of halogens is 1. The number of hydrogen-bond acceptors (Lipinski definition) is 10. The zero-order valence-corrected chi connectivity index (χ0v) is 20.1. The van der Waals surface area contributed by atoms with E-state index >= 15 is 0 Å². The molecule has 1 aromatic heterocycles. The Labute approximate surface area is 210 Å². The Morgan fingerprint density at radius 2 is 2.00 bits per heavy atom. The topological polar surface area (TPSA) is 153 Å². The van der Waals surface area contributed by atoms with Crippen molar-refractivity contribution in [2.45, 2.75) is 18.4 Å². The predicted octanol–water partition coefficient (Wildman–Crippen LogP) is 3.23. The minimum Gasteiger partial charge on any atom is -0.507 e. The molecule has 0 spiro atoms. The molecule has 2 heterocycles. The van der Waals surface area contributed by atoms with Crippen molar-refractivity contribution < 1.29 is 39.4 Å². The molecule has 2 aromatic carbocycles. The number of likely N-dealkylation sites (N-methyl/N-ethyl adjacent to an activating group) is 1. The maximum Gasteiger partial charge on any atom is 0.321 e. The molecule has 192 valence electrons. The molecule has 3 aromatic rings. The van der Waals surface area contributed by atoms with Crippen molar-refractivity contribution in [2.24, 2.45) is 0 Å². The third-order valence-corrected chi connectivity index (χ3v) is 6.41. The van der Waals surface area contributed by atoms with E-state index in [1.807, 2.05) is 11.9 Å². The maximum absolute atomic E-state index is 13.1. The van der Waals surface area contributed by atoms with Crippen molar-refractivity contribution in [3.05, 3.63) is 68.9 Å². The minimum absolute atomic E-state index is 0.0268. The van der Waals surface area contributed by atoms with Crippen molar-refractivity contribution in [1.29, 1.82) is 0 Å². The van der Waals surface area contributed by atoms with E-state index in [1.54, 1.807) is 24.3 Å². The number of phenols is 1. The van der Waals surface area contributed by atoms with E-state index in [2.05, 4.69) is 0 Å².